The molecule has 0 aromatic carbocycles. The van der Waals surface area contributed by atoms with Crippen molar-refractivity contribution in [1.29, 1.82) is 0 Å². The second kappa shape index (κ2) is 5.51. The lowest BCUT2D eigenvalue weighted by Crippen LogP contribution is -2.29. The minimum absolute atomic E-state index is 0.568. The average molecular weight is 253 g/mol. The minimum atomic E-state index is -0.568. The fourth-order valence-electron chi connectivity index (χ4n) is 2.65. The second-order valence-corrected chi connectivity index (χ2v) is 6.42. The Bertz CT molecular complexity index is 363. The molecule has 2 rings (SSSR count). The normalized spacial score (nSPS) is 27.0. The molecule has 2 heterocycles. The van der Waals surface area contributed by atoms with Gasteiger partial charge in [0.05, 0.1) is 0 Å². The fourth-order valence-corrected chi connectivity index (χ4v) is 3.66. The number of rotatable bonds is 3. The summed E-state index contributed by atoms with van der Waals surface area (Å²) in [4.78, 5) is 4.94. The van der Waals surface area contributed by atoms with Crippen molar-refractivity contribution >= 4 is 11.3 Å². The van der Waals surface area contributed by atoms with Crippen LogP contribution in [0.15, 0.2) is 12.1 Å². The van der Waals surface area contributed by atoms with E-state index in [1.807, 2.05) is 0 Å². The van der Waals surface area contributed by atoms with E-state index in [4.69, 9.17) is 0 Å². The van der Waals surface area contributed by atoms with Gasteiger partial charge in [0, 0.05) is 16.3 Å². The van der Waals surface area contributed by atoms with Gasteiger partial charge in [0.2, 0.25) is 0 Å². The number of hydrogen-bond donors (Lipinski definition) is 1. The SMILES string of the molecule is CCCN1CCCC(O)(c2ccc(C)s2)CC1. The highest BCUT2D eigenvalue weighted by molar-refractivity contribution is 7.12. The van der Waals surface area contributed by atoms with E-state index in [1.165, 1.54) is 17.8 Å². The van der Waals surface area contributed by atoms with E-state index in [0.29, 0.717) is 0 Å². The number of aliphatic hydroxyl groups is 1. The van der Waals surface area contributed by atoms with Gasteiger partial charge < -0.3 is 10.0 Å². The van der Waals surface area contributed by atoms with Gasteiger partial charge in [-0.3, -0.25) is 0 Å². The summed E-state index contributed by atoms with van der Waals surface area (Å²) in [5, 5.41) is 10.8. The number of hydrogen-bond acceptors (Lipinski definition) is 3. The molecule has 0 amide bonds. The van der Waals surface area contributed by atoms with E-state index in [0.717, 1.165) is 37.2 Å². The molecule has 1 atom stereocenters. The molecule has 0 aliphatic carbocycles. The standard InChI is InChI=1S/C14H23NOS/c1-3-9-15-10-4-7-14(16,8-11-15)13-6-5-12(2)17-13/h5-6,16H,3-4,7-11H2,1-2H3. The summed E-state index contributed by atoms with van der Waals surface area (Å²) in [6.07, 6.45) is 4.10. The van der Waals surface area contributed by atoms with Gasteiger partial charge in [-0.25, -0.2) is 0 Å². The van der Waals surface area contributed by atoms with Crippen molar-refractivity contribution in [3.63, 3.8) is 0 Å². The van der Waals surface area contributed by atoms with Crippen LogP contribution in [0.25, 0.3) is 0 Å². The van der Waals surface area contributed by atoms with Crippen LogP contribution in [0.4, 0.5) is 0 Å². The van der Waals surface area contributed by atoms with Crippen LogP contribution in [0.2, 0.25) is 0 Å². The van der Waals surface area contributed by atoms with E-state index in [9.17, 15) is 5.11 Å². The lowest BCUT2D eigenvalue weighted by atomic mass is 9.93. The molecule has 1 aromatic rings. The Morgan fingerprint density at radius 1 is 1.35 bits per heavy atom. The number of nitrogens with zero attached hydrogens (tertiary/aromatic N) is 1. The largest absolute Gasteiger partial charge is 0.384 e. The molecule has 1 saturated heterocycles. The summed E-state index contributed by atoms with van der Waals surface area (Å²) < 4.78 is 0. The second-order valence-electron chi connectivity index (χ2n) is 5.14. The Kier molecular flexibility index (Phi) is 4.23. The first-order valence-corrected chi connectivity index (χ1v) is 7.47. The predicted molar refractivity (Wildman–Crippen MR) is 73.5 cm³/mol. The maximum atomic E-state index is 10.8. The first kappa shape index (κ1) is 13.1. The van der Waals surface area contributed by atoms with Gasteiger partial charge in [-0.05, 0) is 57.8 Å². The molecule has 1 N–H and O–H groups in total. The summed E-state index contributed by atoms with van der Waals surface area (Å²) >= 11 is 1.75. The molecule has 1 aliphatic heterocycles. The van der Waals surface area contributed by atoms with Crippen LogP contribution in [0.3, 0.4) is 0 Å². The molecule has 3 heteroatoms. The number of thiophene rings is 1. The molecule has 0 spiro atoms. The smallest absolute Gasteiger partial charge is 0.100 e. The number of likely N-dealkylation sites (tertiary alicyclic amines) is 1. The molecule has 0 radical (unpaired) electrons. The first-order valence-electron chi connectivity index (χ1n) is 6.66. The number of aryl methyl sites for hydroxylation is 1. The van der Waals surface area contributed by atoms with Crippen molar-refractivity contribution in [2.45, 2.75) is 45.1 Å². The third-order valence-corrected chi connectivity index (χ3v) is 4.84. The molecule has 1 aliphatic rings. The van der Waals surface area contributed by atoms with Crippen LogP contribution in [-0.2, 0) is 5.60 Å². The summed E-state index contributed by atoms with van der Waals surface area (Å²) in [6, 6.07) is 4.22. The van der Waals surface area contributed by atoms with Crippen molar-refractivity contribution in [3.05, 3.63) is 21.9 Å². The van der Waals surface area contributed by atoms with Crippen molar-refractivity contribution in [2.75, 3.05) is 19.6 Å². The Morgan fingerprint density at radius 2 is 2.18 bits per heavy atom. The summed E-state index contributed by atoms with van der Waals surface area (Å²) in [5.41, 5.74) is -0.568. The van der Waals surface area contributed by atoms with Crippen LogP contribution >= 0.6 is 11.3 Å². The van der Waals surface area contributed by atoms with Gasteiger partial charge >= 0.3 is 0 Å². The van der Waals surface area contributed by atoms with Crippen LogP contribution in [0.1, 0.15) is 42.4 Å². The summed E-state index contributed by atoms with van der Waals surface area (Å²) in [6.45, 7) is 7.67. The van der Waals surface area contributed by atoms with Crippen molar-refractivity contribution < 1.29 is 5.11 Å². The van der Waals surface area contributed by atoms with Crippen LogP contribution in [0.5, 0.6) is 0 Å². The van der Waals surface area contributed by atoms with Gasteiger partial charge in [-0.15, -0.1) is 11.3 Å². The quantitative estimate of drug-likeness (QED) is 0.894. The lowest BCUT2D eigenvalue weighted by molar-refractivity contribution is 0.0249. The van der Waals surface area contributed by atoms with Gasteiger partial charge in [-0.1, -0.05) is 6.92 Å². The first-order chi connectivity index (χ1) is 8.14. The van der Waals surface area contributed by atoms with Crippen LogP contribution in [0, 0.1) is 6.92 Å². The van der Waals surface area contributed by atoms with E-state index in [2.05, 4.69) is 30.9 Å². The van der Waals surface area contributed by atoms with Crippen LogP contribution < -0.4 is 0 Å². The van der Waals surface area contributed by atoms with Crippen molar-refractivity contribution in [2.24, 2.45) is 0 Å². The summed E-state index contributed by atoms with van der Waals surface area (Å²) in [7, 11) is 0. The molecule has 17 heavy (non-hydrogen) atoms. The highest BCUT2D eigenvalue weighted by atomic mass is 32.1. The summed E-state index contributed by atoms with van der Waals surface area (Å²) in [5.74, 6) is 0. The molecule has 0 saturated carbocycles. The van der Waals surface area contributed by atoms with E-state index < -0.39 is 5.60 Å². The maximum Gasteiger partial charge on any atom is 0.100 e. The highest BCUT2D eigenvalue weighted by Crippen LogP contribution is 2.36. The molecule has 0 bridgehead atoms. The Balaban J connectivity index is 2.06. The predicted octanol–water partition coefficient (Wildman–Crippen LogP) is 3.14. The molecule has 96 valence electrons. The lowest BCUT2D eigenvalue weighted by Gasteiger charge is -2.25. The van der Waals surface area contributed by atoms with E-state index >= 15 is 0 Å². The van der Waals surface area contributed by atoms with Gasteiger partial charge in [-0.2, -0.15) is 0 Å². The third kappa shape index (κ3) is 3.09. The zero-order valence-electron chi connectivity index (χ0n) is 10.9. The molecule has 1 unspecified atom stereocenters. The molecular weight excluding hydrogens is 230 g/mol. The van der Waals surface area contributed by atoms with E-state index in [1.54, 1.807) is 11.3 Å². The van der Waals surface area contributed by atoms with Gasteiger partial charge in [0.1, 0.15) is 5.60 Å². The molecule has 1 fully saturated rings. The fraction of sp³-hybridized carbons (Fsp3) is 0.714. The van der Waals surface area contributed by atoms with Gasteiger partial charge in [0.25, 0.3) is 0 Å². The monoisotopic (exact) mass is 253 g/mol. The maximum absolute atomic E-state index is 10.8. The van der Waals surface area contributed by atoms with Gasteiger partial charge in [0.15, 0.2) is 0 Å². The zero-order chi connectivity index (χ0) is 12.3. The Labute approximate surface area is 108 Å². The topological polar surface area (TPSA) is 23.5 Å². The highest BCUT2D eigenvalue weighted by Gasteiger charge is 2.32. The third-order valence-electron chi connectivity index (χ3n) is 3.65. The molecule has 2 nitrogen and oxygen atoms in total. The zero-order valence-corrected chi connectivity index (χ0v) is 11.7. The van der Waals surface area contributed by atoms with Crippen LogP contribution in [-0.4, -0.2) is 29.6 Å². The molecule has 1 aromatic heterocycles. The minimum Gasteiger partial charge on any atom is -0.384 e. The average Bonchev–Trinajstić information content (AvgIpc) is 2.65. The molecular formula is C14H23NOS. The van der Waals surface area contributed by atoms with Crippen molar-refractivity contribution in [3.8, 4) is 0 Å². The van der Waals surface area contributed by atoms with Crippen molar-refractivity contribution in [1.82, 2.24) is 4.90 Å². The van der Waals surface area contributed by atoms with E-state index in [-0.39, 0.29) is 0 Å². The Morgan fingerprint density at radius 3 is 2.82 bits per heavy atom. The Hall–Kier alpha value is -0.380.